The van der Waals surface area contributed by atoms with E-state index in [1.54, 1.807) is 12.1 Å². The van der Waals surface area contributed by atoms with Gasteiger partial charge in [-0.05, 0) is 60.5 Å². The van der Waals surface area contributed by atoms with Crippen molar-refractivity contribution < 1.29 is 13.9 Å². The Morgan fingerprint density at radius 2 is 1.93 bits per heavy atom. The molecule has 1 N–H and O–H groups in total. The number of nitrogens with zero attached hydrogens (tertiary/aromatic N) is 2. The number of benzene rings is 1. The number of hydrogen-bond acceptors (Lipinski definition) is 4. The number of furan rings is 1. The minimum Gasteiger partial charge on any atom is -0.483 e. The molecule has 0 atom stereocenters. The predicted molar refractivity (Wildman–Crippen MR) is 121 cm³/mol. The van der Waals surface area contributed by atoms with E-state index < -0.39 is 0 Å². The normalized spacial score (nSPS) is 11.0. The fourth-order valence-electron chi connectivity index (χ4n) is 2.80. The van der Waals surface area contributed by atoms with Gasteiger partial charge >= 0.3 is 0 Å². The summed E-state index contributed by atoms with van der Waals surface area (Å²) < 4.78 is 14.1. The van der Waals surface area contributed by atoms with Crippen LogP contribution in [0.4, 0.5) is 0 Å². The van der Waals surface area contributed by atoms with Crippen molar-refractivity contribution in [1.29, 1.82) is 0 Å². The third kappa shape index (κ3) is 5.52. The van der Waals surface area contributed by atoms with E-state index in [4.69, 9.17) is 44.0 Å². The highest BCUT2D eigenvalue weighted by Crippen LogP contribution is 2.36. The zero-order chi connectivity index (χ0) is 21.8. The summed E-state index contributed by atoms with van der Waals surface area (Å²) in [5.41, 5.74) is 2.01. The molecule has 0 radical (unpaired) electrons. The zero-order valence-corrected chi connectivity index (χ0v) is 20.1. The van der Waals surface area contributed by atoms with Crippen molar-refractivity contribution in [2.24, 2.45) is 0 Å². The molecular formula is C20H19BrCl3N3O3. The molecule has 6 nitrogen and oxygen atoms in total. The molecule has 3 rings (SSSR count). The van der Waals surface area contributed by atoms with Crippen molar-refractivity contribution in [2.45, 2.75) is 33.4 Å². The van der Waals surface area contributed by atoms with E-state index >= 15 is 0 Å². The Balaban J connectivity index is 1.48. The van der Waals surface area contributed by atoms with Gasteiger partial charge in [0.1, 0.15) is 12.4 Å². The Hall–Kier alpha value is -1.67. The van der Waals surface area contributed by atoms with E-state index in [9.17, 15) is 4.79 Å². The lowest BCUT2D eigenvalue weighted by atomic mass is 10.3. The van der Waals surface area contributed by atoms with Crippen LogP contribution in [0.15, 0.2) is 33.2 Å². The van der Waals surface area contributed by atoms with Crippen LogP contribution in [0.2, 0.25) is 15.1 Å². The highest BCUT2D eigenvalue weighted by atomic mass is 79.9. The van der Waals surface area contributed by atoms with E-state index in [1.807, 2.05) is 18.5 Å². The lowest BCUT2D eigenvalue weighted by molar-refractivity contribution is 0.0920. The number of nitrogens with one attached hydrogen (secondary N) is 1. The van der Waals surface area contributed by atoms with E-state index in [1.165, 1.54) is 12.1 Å². The van der Waals surface area contributed by atoms with E-state index in [0.29, 0.717) is 39.7 Å². The average Bonchev–Trinajstić information content (AvgIpc) is 3.25. The molecule has 30 heavy (non-hydrogen) atoms. The van der Waals surface area contributed by atoms with Crippen molar-refractivity contribution >= 4 is 56.6 Å². The maximum Gasteiger partial charge on any atom is 0.286 e. The topological polar surface area (TPSA) is 69.3 Å². The van der Waals surface area contributed by atoms with Crippen LogP contribution in [0.5, 0.6) is 5.75 Å². The number of halogens is 4. The minimum atomic E-state index is -0.293. The summed E-state index contributed by atoms with van der Waals surface area (Å²) in [6.45, 7) is 5.22. The minimum absolute atomic E-state index is 0.0706. The van der Waals surface area contributed by atoms with Gasteiger partial charge in [0.15, 0.2) is 11.5 Å². The number of amides is 1. The quantitative estimate of drug-likeness (QED) is 0.348. The van der Waals surface area contributed by atoms with Gasteiger partial charge in [-0.2, -0.15) is 5.10 Å². The molecule has 2 heterocycles. The van der Waals surface area contributed by atoms with Crippen LogP contribution in [0.25, 0.3) is 0 Å². The molecule has 2 aromatic heterocycles. The average molecular weight is 536 g/mol. The summed E-state index contributed by atoms with van der Waals surface area (Å²) >= 11 is 21.6. The highest BCUT2D eigenvalue weighted by Gasteiger charge is 2.14. The number of carbonyl (C=O) groups excluding carboxylic acids is 1. The summed E-state index contributed by atoms with van der Waals surface area (Å²) in [7, 11) is 0. The number of ether oxygens (including phenoxy) is 1. The summed E-state index contributed by atoms with van der Waals surface area (Å²) in [5, 5.41) is 8.30. The van der Waals surface area contributed by atoms with Crippen LogP contribution >= 0.6 is 50.7 Å². The third-order valence-corrected chi connectivity index (χ3v) is 6.26. The standard InChI is InChI=1S/C20H19BrCl3N3O3/c1-11-18(21)12(2)27(26-11)7-3-6-25-20(28)17-5-4-14(30-17)10-29-19-15(23)8-13(22)9-16(19)24/h4-5,8-9H,3,6-7,10H2,1-2H3,(H,25,28). The Bertz CT molecular complexity index is 1040. The maximum atomic E-state index is 12.3. The molecule has 3 aromatic rings. The van der Waals surface area contributed by atoms with Gasteiger partial charge in [-0.3, -0.25) is 9.48 Å². The smallest absolute Gasteiger partial charge is 0.286 e. The molecule has 0 bridgehead atoms. The van der Waals surface area contributed by atoms with Gasteiger partial charge in [0.25, 0.3) is 5.91 Å². The van der Waals surface area contributed by atoms with E-state index in [-0.39, 0.29) is 18.3 Å². The van der Waals surface area contributed by atoms with Crippen LogP contribution in [0, 0.1) is 13.8 Å². The predicted octanol–water partition coefficient (Wildman–Crippen LogP) is 6.21. The largest absolute Gasteiger partial charge is 0.483 e. The molecule has 0 aliphatic carbocycles. The van der Waals surface area contributed by atoms with Crippen LogP contribution in [-0.4, -0.2) is 22.2 Å². The van der Waals surface area contributed by atoms with Crippen molar-refractivity contribution in [1.82, 2.24) is 15.1 Å². The molecule has 0 aliphatic heterocycles. The number of aryl methyl sites for hydroxylation is 2. The first-order valence-electron chi connectivity index (χ1n) is 9.10. The lowest BCUT2D eigenvalue weighted by Gasteiger charge is -2.09. The summed E-state index contributed by atoms with van der Waals surface area (Å²) in [6, 6.07) is 6.34. The van der Waals surface area contributed by atoms with Crippen molar-refractivity contribution in [3.8, 4) is 5.75 Å². The molecule has 0 saturated heterocycles. The molecule has 0 fully saturated rings. The van der Waals surface area contributed by atoms with E-state index in [2.05, 4.69) is 26.3 Å². The molecule has 1 amide bonds. The van der Waals surface area contributed by atoms with Gasteiger partial charge in [0.2, 0.25) is 0 Å². The molecule has 0 spiro atoms. The molecule has 0 aliphatic rings. The Morgan fingerprint density at radius 3 is 2.57 bits per heavy atom. The number of hydrogen-bond donors (Lipinski definition) is 1. The molecule has 1 aromatic carbocycles. The van der Waals surface area contributed by atoms with Gasteiger partial charge in [-0.15, -0.1) is 0 Å². The van der Waals surface area contributed by atoms with Gasteiger partial charge in [0.05, 0.1) is 20.2 Å². The monoisotopic (exact) mass is 533 g/mol. The highest BCUT2D eigenvalue weighted by molar-refractivity contribution is 9.10. The third-order valence-electron chi connectivity index (χ3n) is 4.33. The Kier molecular flexibility index (Phi) is 7.74. The second kappa shape index (κ2) is 10.1. The van der Waals surface area contributed by atoms with Crippen molar-refractivity contribution in [2.75, 3.05) is 6.54 Å². The van der Waals surface area contributed by atoms with Gasteiger partial charge in [0, 0.05) is 23.8 Å². The van der Waals surface area contributed by atoms with Gasteiger partial charge in [-0.1, -0.05) is 34.8 Å². The molecular weight excluding hydrogens is 517 g/mol. The van der Waals surface area contributed by atoms with Crippen molar-refractivity contribution in [3.63, 3.8) is 0 Å². The fraction of sp³-hybridized carbons (Fsp3) is 0.300. The second-order valence-corrected chi connectivity index (χ2v) is 8.61. The molecule has 0 unspecified atom stereocenters. The van der Waals surface area contributed by atoms with Crippen LogP contribution < -0.4 is 10.1 Å². The lowest BCUT2D eigenvalue weighted by Crippen LogP contribution is -2.25. The number of aromatic nitrogens is 2. The number of carbonyl (C=O) groups is 1. The summed E-state index contributed by atoms with van der Waals surface area (Å²) in [6.07, 6.45) is 0.740. The SMILES string of the molecule is Cc1nn(CCCNC(=O)c2ccc(COc3c(Cl)cc(Cl)cc3Cl)o2)c(C)c1Br. The van der Waals surface area contributed by atoms with Crippen molar-refractivity contribution in [3.05, 3.63) is 66.7 Å². The van der Waals surface area contributed by atoms with Crippen LogP contribution in [-0.2, 0) is 13.2 Å². The number of rotatable bonds is 8. The van der Waals surface area contributed by atoms with Gasteiger partial charge < -0.3 is 14.5 Å². The van der Waals surface area contributed by atoms with Crippen LogP contribution in [0.3, 0.4) is 0 Å². The molecule has 10 heteroatoms. The fourth-order valence-corrected chi connectivity index (χ4v) is 4.01. The summed E-state index contributed by atoms with van der Waals surface area (Å²) in [5.74, 6) is 0.685. The Labute approximate surface area is 197 Å². The molecule has 0 saturated carbocycles. The first-order chi connectivity index (χ1) is 14.3. The molecule has 160 valence electrons. The first kappa shape index (κ1) is 23.0. The van der Waals surface area contributed by atoms with Gasteiger partial charge in [-0.25, -0.2) is 0 Å². The zero-order valence-electron chi connectivity index (χ0n) is 16.3. The Morgan fingerprint density at radius 1 is 1.23 bits per heavy atom. The first-order valence-corrected chi connectivity index (χ1v) is 11.0. The maximum absolute atomic E-state index is 12.3. The van der Waals surface area contributed by atoms with E-state index in [0.717, 1.165) is 22.3 Å². The summed E-state index contributed by atoms with van der Waals surface area (Å²) in [4.78, 5) is 12.3. The van der Waals surface area contributed by atoms with Crippen LogP contribution in [0.1, 0.15) is 34.1 Å². The second-order valence-electron chi connectivity index (χ2n) is 6.57.